The van der Waals surface area contributed by atoms with E-state index in [0.29, 0.717) is 16.8 Å². The Morgan fingerprint density at radius 1 is 0.875 bits per heavy atom. The Morgan fingerprint density at radius 3 is 2.50 bits per heavy atom. The number of thiazole rings is 1. The fourth-order valence-electron chi connectivity index (χ4n) is 3.36. The summed E-state index contributed by atoms with van der Waals surface area (Å²) in [5.74, 6) is -0.196. The largest absolute Gasteiger partial charge is 0.322 e. The van der Waals surface area contributed by atoms with Gasteiger partial charge in [-0.25, -0.2) is 15.0 Å². The number of pyridine rings is 1. The van der Waals surface area contributed by atoms with Crippen LogP contribution in [0.15, 0.2) is 72.4 Å². The van der Waals surface area contributed by atoms with Gasteiger partial charge in [-0.05, 0) is 56.3 Å². The minimum absolute atomic E-state index is 0.196. The van der Waals surface area contributed by atoms with E-state index in [9.17, 15) is 4.79 Å². The number of hydrogen-bond donors (Lipinski definition) is 1. The van der Waals surface area contributed by atoms with Crippen LogP contribution in [0.2, 0.25) is 0 Å². The maximum atomic E-state index is 12.9. The van der Waals surface area contributed by atoms with Crippen LogP contribution >= 0.6 is 11.3 Å². The molecule has 2 aromatic carbocycles. The van der Waals surface area contributed by atoms with Gasteiger partial charge in [-0.1, -0.05) is 12.1 Å². The monoisotopic (exact) mass is 437 g/mol. The first-order valence-electron chi connectivity index (χ1n) is 10.1. The molecule has 0 aliphatic rings. The summed E-state index contributed by atoms with van der Waals surface area (Å²) in [4.78, 5) is 30.8. The second-order valence-corrected chi connectivity index (χ2v) is 8.27. The molecule has 1 N–H and O–H groups in total. The number of fused-ring (bicyclic) bond motifs is 1. The van der Waals surface area contributed by atoms with Crippen LogP contribution in [-0.4, -0.2) is 25.8 Å². The molecule has 0 radical (unpaired) electrons. The summed E-state index contributed by atoms with van der Waals surface area (Å²) in [6, 6.07) is 16.9. The van der Waals surface area contributed by atoms with Crippen molar-refractivity contribution in [1.82, 2.24) is 19.9 Å². The van der Waals surface area contributed by atoms with Crippen LogP contribution in [0.5, 0.6) is 0 Å². The third-order valence-corrected chi connectivity index (χ3v) is 6.06. The predicted octanol–water partition coefficient (Wildman–Crippen LogP) is 5.68. The SMILES string of the molecule is Cc1nc2ccc(C(=O)Nc3cccc(-c4csc(-c5cccnc5)n4)c3)cc2nc1C. The number of nitrogens with zero attached hydrogens (tertiary/aromatic N) is 4. The second kappa shape index (κ2) is 8.28. The Labute approximate surface area is 189 Å². The molecule has 6 nitrogen and oxygen atoms in total. The van der Waals surface area contributed by atoms with E-state index in [0.717, 1.165) is 38.7 Å². The lowest BCUT2D eigenvalue weighted by Crippen LogP contribution is -2.12. The lowest BCUT2D eigenvalue weighted by atomic mass is 10.1. The number of rotatable bonds is 4. The van der Waals surface area contributed by atoms with E-state index in [1.165, 1.54) is 0 Å². The number of anilines is 1. The van der Waals surface area contributed by atoms with Gasteiger partial charge in [0.2, 0.25) is 0 Å². The van der Waals surface area contributed by atoms with Crippen LogP contribution in [-0.2, 0) is 0 Å². The second-order valence-electron chi connectivity index (χ2n) is 7.41. The first-order chi connectivity index (χ1) is 15.6. The third kappa shape index (κ3) is 3.98. The van der Waals surface area contributed by atoms with Crippen LogP contribution in [0.3, 0.4) is 0 Å². The van der Waals surface area contributed by atoms with E-state index in [1.54, 1.807) is 35.9 Å². The number of hydrogen-bond acceptors (Lipinski definition) is 6. The summed E-state index contributed by atoms with van der Waals surface area (Å²) in [6.45, 7) is 3.84. The highest BCUT2D eigenvalue weighted by Gasteiger charge is 2.11. The number of amides is 1. The van der Waals surface area contributed by atoms with Crippen LogP contribution in [0, 0.1) is 13.8 Å². The maximum absolute atomic E-state index is 12.9. The Kier molecular flexibility index (Phi) is 5.17. The molecular weight excluding hydrogens is 418 g/mol. The molecular formula is C25H19N5OS. The molecule has 0 bridgehead atoms. The van der Waals surface area contributed by atoms with Crippen molar-refractivity contribution in [3.05, 3.63) is 89.3 Å². The Bertz CT molecular complexity index is 1450. The van der Waals surface area contributed by atoms with E-state index in [2.05, 4.69) is 20.3 Å². The standard InChI is InChI=1S/C25H19N5OS/c1-15-16(2)28-22-12-18(8-9-21(22)27-15)24(31)29-20-7-3-5-17(11-20)23-14-32-25(30-23)19-6-4-10-26-13-19/h3-14H,1-2H3,(H,29,31). The van der Waals surface area contributed by atoms with Gasteiger partial charge in [-0.2, -0.15) is 0 Å². The summed E-state index contributed by atoms with van der Waals surface area (Å²) in [7, 11) is 0. The van der Waals surface area contributed by atoms with Gasteiger partial charge in [-0.3, -0.25) is 9.78 Å². The molecule has 7 heteroatoms. The summed E-state index contributed by atoms with van der Waals surface area (Å²) < 4.78 is 0. The Balaban J connectivity index is 1.38. The smallest absolute Gasteiger partial charge is 0.255 e. The van der Waals surface area contributed by atoms with Crippen LogP contribution in [0.25, 0.3) is 32.9 Å². The van der Waals surface area contributed by atoms with E-state index >= 15 is 0 Å². The van der Waals surface area contributed by atoms with Crippen LogP contribution in [0.4, 0.5) is 5.69 Å². The van der Waals surface area contributed by atoms with Crippen LogP contribution in [0.1, 0.15) is 21.7 Å². The summed E-state index contributed by atoms with van der Waals surface area (Å²) in [5.41, 5.74) is 7.25. The third-order valence-electron chi connectivity index (χ3n) is 5.17. The molecule has 0 saturated carbocycles. The first-order valence-corrected chi connectivity index (χ1v) is 11.0. The van der Waals surface area contributed by atoms with Gasteiger partial charge in [-0.15, -0.1) is 11.3 Å². The number of carbonyl (C=O) groups is 1. The molecule has 32 heavy (non-hydrogen) atoms. The van der Waals surface area contributed by atoms with Crippen molar-refractivity contribution in [2.45, 2.75) is 13.8 Å². The minimum Gasteiger partial charge on any atom is -0.322 e. The topological polar surface area (TPSA) is 80.7 Å². The fraction of sp³-hybridized carbons (Fsp3) is 0.0800. The van der Waals surface area contributed by atoms with Gasteiger partial charge in [0, 0.05) is 40.2 Å². The fourth-order valence-corrected chi connectivity index (χ4v) is 4.18. The average Bonchev–Trinajstić information content (AvgIpc) is 3.31. The zero-order valence-corrected chi connectivity index (χ0v) is 18.4. The van der Waals surface area contributed by atoms with E-state index < -0.39 is 0 Å². The van der Waals surface area contributed by atoms with Gasteiger partial charge >= 0.3 is 0 Å². The summed E-state index contributed by atoms with van der Waals surface area (Å²) >= 11 is 1.57. The van der Waals surface area contributed by atoms with Crippen LogP contribution < -0.4 is 5.32 Å². The van der Waals surface area contributed by atoms with Crippen molar-refractivity contribution in [2.75, 3.05) is 5.32 Å². The molecule has 0 atom stereocenters. The molecule has 5 rings (SSSR count). The highest BCUT2D eigenvalue weighted by molar-refractivity contribution is 7.13. The van der Waals surface area contributed by atoms with Crippen molar-refractivity contribution < 1.29 is 4.79 Å². The quantitative estimate of drug-likeness (QED) is 0.391. The van der Waals surface area contributed by atoms with Gasteiger partial charge in [0.25, 0.3) is 5.91 Å². The highest BCUT2D eigenvalue weighted by Crippen LogP contribution is 2.29. The van der Waals surface area contributed by atoms with Gasteiger partial charge in [0.05, 0.1) is 28.1 Å². The molecule has 3 heterocycles. The first kappa shape index (κ1) is 20.0. The average molecular weight is 438 g/mol. The van der Waals surface area contributed by atoms with Crippen molar-refractivity contribution in [3.63, 3.8) is 0 Å². The molecule has 0 fully saturated rings. The Hall–Kier alpha value is -3.97. The molecule has 0 spiro atoms. The molecule has 5 aromatic rings. The number of benzene rings is 2. The number of nitrogens with one attached hydrogen (secondary N) is 1. The normalized spacial score (nSPS) is 10.9. The lowest BCUT2D eigenvalue weighted by molar-refractivity contribution is 0.102. The molecule has 0 aliphatic heterocycles. The predicted molar refractivity (Wildman–Crippen MR) is 128 cm³/mol. The van der Waals surface area contributed by atoms with Crippen molar-refractivity contribution in [3.8, 4) is 21.8 Å². The number of aryl methyl sites for hydroxylation is 2. The molecule has 3 aromatic heterocycles. The zero-order chi connectivity index (χ0) is 22.1. The van der Waals surface area contributed by atoms with E-state index in [-0.39, 0.29) is 5.91 Å². The number of aromatic nitrogens is 4. The Morgan fingerprint density at radius 2 is 1.69 bits per heavy atom. The summed E-state index contributed by atoms with van der Waals surface area (Å²) in [6.07, 6.45) is 3.55. The summed E-state index contributed by atoms with van der Waals surface area (Å²) in [5, 5.41) is 5.89. The van der Waals surface area contributed by atoms with Crippen molar-refractivity contribution >= 4 is 34.0 Å². The number of carbonyl (C=O) groups excluding carboxylic acids is 1. The molecule has 0 aliphatic carbocycles. The highest BCUT2D eigenvalue weighted by atomic mass is 32.1. The minimum atomic E-state index is -0.196. The van der Waals surface area contributed by atoms with Crippen molar-refractivity contribution in [2.24, 2.45) is 0 Å². The molecule has 156 valence electrons. The molecule has 1 amide bonds. The van der Waals surface area contributed by atoms with Gasteiger partial charge in [0.15, 0.2) is 0 Å². The zero-order valence-electron chi connectivity index (χ0n) is 17.5. The van der Waals surface area contributed by atoms with Gasteiger partial charge < -0.3 is 5.32 Å². The maximum Gasteiger partial charge on any atom is 0.255 e. The van der Waals surface area contributed by atoms with E-state index in [1.807, 2.05) is 61.7 Å². The molecule has 0 saturated heterocycles. The van der Waals surface area contributed by atoms with E-state index in [4.69, 9.17) is 4.98 Å². The lowest BCUT2D eigenvalue weighted by Gasteiger charge is -2.08. The van der Waals surface area contributed by atoms with Gasteiger partial charge in [0.1, 0.15) is 5.01 Å². The van der Waals surface area contributed by atoms with Crippen molar-refractivity contribution in [1.29, 1.82) is 0 Å². The molecule has 0 unspecified atom stereocenters.